The predicted octanol–water partition coefficient (Wildman–Crippen LogP) is 3.39. The van der Waals surface area contributed by atoms with Crippen LogP contribution in [-0.4, -0.2) is 42.1 Å². The lowest BCUT2D eigenvalue weighted by atomic mass is 9.91. The normalized spacial score (nSPS) is 19.9. The molecule has 0 saturated carbocycles. The number of urea groups is 1. The first-order valence-electron chi connectivity index (χ1n) is 9.80. The maximum atomic E-state index is 13.2. The average molecular weight is 402 g/mol. The Kier molecular flexibility index (Phi) is 7.06. The largest absolute Gasteiger partial charge is 0.489 e. The quantitative estimate of drug-likeness (QED) is 0.389. The molecule has 0 aromatic heterocycles. The highest BCUT2D eigenvalue weighted by Crippen LogP contribution is 2.32. The second kappa shape index (κ2) is 9.11. The van der Waals surface area contributed by atoms with Crippen molar-refractivity contribution in [2.45, 2.75) is 52.6 Å². The minimum absolute atomic E-state index is 0.162. The van der Waals surface area contributed by atoms with Gasteiger partial charge in [-0.25, -0.2) is 14.5 Å². The standard InChI is InChI=1S/C22H30N2O5/c1-7-18(19(25)29-13-15(4)5)24-20(26)22(6,23-21(24)27)16-8-10-17(11-9-16)28-12-14(2)3/h8-11,15,18H,2,7,12-13H2,1,3-6H3,(H,23,27). The number of rotatable bonds is 9. The van der Waals surface area contributed by atoms with Crippen molar-refractivity contribution in [1.29, 1.82) is 0 Å². The summed E-state index contributed by atoms with van der Waals surface area (Å²) in [5.74, 6) is -0.253. The average Bonchev–Trinajstić information content (AvgIpc) is 2.90. The van der Waals surface area contributed by atoms with Crippen LogP contribution in [-0.2, 0) is 19.9 Å². The summed E-state index contributed by atoms with van der Waals surface area (Å²) in [5, 5.41) is 2.73. The van der Waals surface area contributed by atoms with E-state index in [1.165, 1.54) is 0 Å². The lowest BCUT2D eigenvalue weighted by Crippen LogP contribution is -2.47. The van der Waals surface area contributed by atoms with Crippen LogP contribution in [0.5, 0.6) is 5.75 Å². The fourth-order valence-corrected chi connectivity index (χ4v) is 3.03. The lowest BCUT2D eigenvalue weighted by Gasteiger charge is -2.25. The van der Waals surface area contributed by atoms with Crippen LogP contribution in [0.25, 0.3) is 0 Å². The van der Waals surface area contributed by atoms with Gasteiger partial charge in [-0.1, -0.05) is 39.5 Å². The van der Waals surface area contributed by atoms with E-state index >= 15 is 0 Å². The Balaban J connectivity index is 2.21. The molecule has 1 saturated heterocycles. The molecule has 2 rings (SSSR count). The van der Waals surface area contributed by atoms with E-state index in [9.17, 15) is 14.4 Å². The van der Waals surface area contributed by atoms with Gasteiger partial charge in [0.15, 0.2) is 0 Å². The molecule has 7 nitrogen and oxygen atoms in total. The van der Waals surface area contributed by atoms with Gasteiger partial charge in [-0.05, 0) is 49.5 Å². The molecule has 0 bridgehead atoms. The summed E-state index contributed by atoms with van der Waals surface area (Å²) in [6, 6.07) is 5.37. The minimum Gasteiger partial charge on any atom is -0.489 e. The molecule has 158 valence electrons. The molecule has 1 aromatic carbocycles. The molecule has 1 heterocycles. The highest BCUT2D eigenvalue weighted by molar-refractivity contribution is 6.09. The SMILES string of the molecule is C=C(C)COc1ccc(C2(C)NC(=O)N(C(CC)C(=O)OCC(C)C)C2=O)cc1. The van der Waals surface area contributed by atoms with Gasteiger partial charge in [0.2, 0.25) is 0 Å². The van der Waals surface area contributed by atoms with Gasteiger partial charge < -0.3 is 14.8 Å². The van der Waals surface area contributed by atoms with Gasteiger partial charge in [0.05, 0.1) is 6.61 Å². The van der Waals surface area contributed by atoms with E-state index in [4.69, 9.17) is 9.47 Å². The summed E-state index contributed by atoms with van der Waals surface area (Å²) < 4.78 is 10.8. The Morgan fingerprint density at radius 2 is 1.86 bits per heavy atom. The number of ether oxygens (including phenoxy) is 2. The van der Waals surface area contributed by atoms with Crippen LogP contribution in [0.2, 0.25) is 0 Å². The van der Waals surface area contributed by atoms with Gasteiger partial charge in [-0.2, -0.15) is 0 Å². The van der Waals surface area contributed by atoms with Crippen molar-refractivity contribution in [3.05, 3.63) is 42.0 Å². The number of nitrogens with zero attached hydrogens (tertiary/aromatic N) is 1. The Bertz CT molecular complexity index is 787. The van der Waals surface area contributed by atoms with Gasteiger partial charge in [0.25, 0.3) is 5.91 Å². The number of imide groups is 1. The van der Waals surface area contributed by atoms with Crippen molar-refractivity contribution in [1.82, 2.24) is 10.2 Å². The summed E-state index contributed by atoms with van der Waals surface area (Å²) in [6.45, 7) is 13.5. The third-order valence-corrected chi connectivity index (χ3v) is 4.67. The Labute approximate surface area is 172 Å². The van der Waals surface area contributed by atoms with Crippen molar-refractivity contribution >= 4 is 17.9 Å². The molecule has 29 heavy (non-hydrogen) atoms. The van der Waals surface area contributed by atoms with Crippen LogP contribution in [0, 0.1) is 5.92 Å². The number of carbonyl (C=O) groups excluding carboxylic acids is 3. The molecule has 1 aromatic rings. The van der Waals surface area contributed by atoms with Gasteiger partial charge in [-0.3, -0.25) is 4.79 Å². The fourth-order valence-electron chi connectivity index (χ4n) is 3.03. The summed E-state index contributed by atoms with van der Waals surface area (Å²) in [4.78, 5) is 39.2. The molecule has 1 fully saturated rings. The van der Waals surface area contributed by atoms with Crippen molar-refractivity contribution in [2.24, 2.45) is 5.92 Å². The topological polar surface area (TPSA) is 84.9 Å². The van der Waals surface area contributed by atoms with Gasteiger partial charge in [-0.15, -0.1) is 0 Å². The second-order valence-electron chi connectivity index (χ2n) is 7.95. The molecule has 1 N–H and O–H groups in total. The summed E-state index contributed by atoms with van der Waals surface area (Å²) in [6.07, 6.45) is 0.278. The first-order valence-corrected chi connectivity index (χ1v) is 9.80. The number of hydrogen-bond acceptors (Lipinski definition) is 5. The lowest BCUT2D eigenvalue weighted by molar-refractivity contribution is -0.154. The number of amides is 3. The first-order chi connectivity index (χ1) is 13.6. The minimum atomic E-state index is -1.27. The zero-order valence-corrected chi connectivity index (χ0v) is 17.8. The molecule has 0 aliphatic carbocycles. The van der Waals surface area contributed by atoms with Crippen LogP contribution in [0.4, 0.5) is 4.79 Å². The van der Waals surface area contributed by atoms with Crippen LogP contribution in [0.3, 0.4) is 0 Å². The third-order valence-electron chi connectivity index (χ3n) is 4.67. The van der Waals surface area contributed by atoms with E-state index < -0.39 is 29.5 Å². The van der Waals surface area contributed by atoms with Crippen molar-refractivity contribution < 1.29 is 23.9 Å². The molecule has 0 spiro atoms. The van der Waals surface area contributed by atoms with Crippen molar-refractivity contribution in [3.63, 3.8) is 0 Å². The Morgan fingerprint density at radius 3 is 2.38 bits per heavy atom. The summed E-state index contributed by atoms with van der Waals surface area (Å²) in [5.41, 5.74) is 0.228. The maximum absolute atomic E-state index is 13.2. The number of benzene rings is 1. The van der Waals surface area contributed by atoms with E-state index in [1.54, 1.807) is 38.1 Å². The van der Waals surface area contributed by atoms with Crippen LogP contribution < -0.4 is 10.1 Å². The smallest absolute Gasteiger partial charge is 0.329 e. The zero-order chi connectivity index (χ0) is 21.8. The van der Waals surface area contributed by atoms with E-state index in [0.29, 0.717) is 17.9 Å². The Morgan fingerprint density at radius 1 is 1.24 bits per heavy atom. The molecule has 1 aliphatic heterocycles. The number of hydrogen-bond donors (Lipinski definition) is 1. The third kappa shape index (κ3) is 4.96. The highest BCUT2D eigenvalue weighted by atomic mass is 16.5. The number of carbonyl (C=O) groups is 3. The van der Waals surface area contributed by atoms with Gasteiger partial charge in [0.1, 0.15) is 23.9 Å². The molecule has 1 aliphatic rings. The molecular weight excluding hydrogens is 372 g/mol. The van der Waals surface area contributed by atoms with Crippen LogP contribution in [0.1, 0.15) is 46.6 Å². The zero-order valence-electron chi connectivity index (χ0n) is 17.8. The van der Waals surface area contributed by atoms with E-state index in [2.05, 4.69) is 11.9 Å². The van der Waals surface area contributed by atoms with Gasteiger partial charge >= 0.3 is 12.0 Å². The molecule has 3 amide bonds. The van der Waals surface area contributed by atoms with Crippen molar-refractivity contribution in [2.75, 3.05) is 13.2 Å². The number of esters is 1. The Hall–Kier alpha value is -2.83. The molecule has 2 unspecified atom stereocenters. The molecule has 7 heteroatoms. The molecular formula is C22H30N2O5. The first kappa shape index (κ1) is 22.5. The predicted molar refractivity (Wildman–Crippen MR) is 109 cm³/mol. The van der Waals surface area contributed by atoms with E-state index in [0.717, 1.165) is 10.5 Å². The summed E-state index contributed by atoms with van der Waals surface area (Å²) in [7, 11) is 0. The van der Waals surface area contributed by atoms with E-state index in [-0.39, 0.29) is 18.9 Å². The fraction of sp³-hybridized carbons (Fsp3) is 0.500. The van der Waals surface area contributed by atoms with Crippen molar-refractivity contribution in [3.8, 4) is 5.75 Å². The second-order valence-corrected chi connectivity index (χ2v) is 7.95. The van der Waals surface area contributed by atoms with Crippen LogP contribution >= 0.6 is 0 Å². The highest BCUT2D eigenvalue weighted by Gasteiger charge is 2.52. The molecule has 2 atom stereocenters. The van der Waals surface area contributed by atoms with Gasteiger partial charge in [0, 0.05) is 0 Å². The number of nitrogens with one attached hydrogen (secondary N) is 1. The molecule has 0 radical (unpaired) electrons. The maximum Gasteiger partial charge on any atom is 0.329 e. The van der Waals surface area contributed by atoms with E-state index in [1.807, 2.05) is 20.8 Å². The van der Waals surface area contributed by atoms with Crippen LogP contribution in [0.15, 0.2) is 36.4 Å². The monoisotopic (exact) mass is 402 g/mol. The summed E-state index contributed by atoms with van der Waals surface area (Å²) >= 11 is 0.